The van der Waals surface area contributed by atoms with E-state index in [9.17, 15) is 13.2 Å². The zero-order valence-electron chi connectivity index (χ0n) is 11.7. The van der Waals surface area contributed by atoms with E-state index < -0.39 is 17.9 Å². The third kappa shape index (κ3) is 5.16. The van der Waals surface area contributed by atoms with Crippen molar-refractivity contribution in [2.45, 2.75) is 38.4 Å². The van der Waals surface area contributed by atoms with Crippen LogP contribution in [0.1, 0.15) is 26.2 Å². The first-order valence-electron chi connectivity index (χ1n) is 6.88. The van der Waals surface area contributed by atoms with Crippen molar-refractivity contribution in [3.05, 3.63) is 0 Å². The van der Waals surface area contributed by atoms with E-state index >= 15 is 0 Å². The number of rotatable bonds is 6. The molecule has 4 N–H and O–H groups in total. The van der Waals surface area contributed by atoms with Crippen LogP contribution >= 0.6 is 0 Å². The number of hydrogen-bond donors (Lipinski definition) is 3. The van der Waals surface area contributed by atoms with Gasteiger partial charge in [0, 0.05) is 12.6 Å². The minimum atomic E-state index is -4.51. The molecule has 0 aromatic heterocycles. The molecule has 0 radical (unpaired) electrons. The summed E-state index contributed by atoms with van der Waals surface area (Å²) >= 11 is 0. The first-order chi connectivity index (χ1) is 9.38. The van der Waals surface area contributed by atoms with Gasteiger partial charge in [0.2, 0.25) is 0 Å². The highest BCUT2D eigenvalue weighted by atomic mass is 19.4. The van der Waals surface area contributed by atoms with Gasteiger partial charge in [-0.25, -0.2) is 0 Å². The minimum Gasteiger partial charge on any atom is -0.409 e. The maximum absolute atomic E-state index is 12.8. The highest BCUT2D eigenvalue weighted by Gasteiger charge is 2.42. The van der Waals surface area contributed by atoms with Crippen LogP contribution in [0.2, 0.25) is 0 Å². The summed E-state index contributed by atoms with van der Waals surface area (Å²) in [4.78, 5) is 2.31. The molecule has 1 atom stereocenters. The van der Waals surface area contributed by atoms with Crippen LogP contribution in [0.4, 0.5) is 13.2 Å². The maximum atomic E-state index is 12.8. The summed E-state index contributed by atoms with van der Waals surface area (Å²) in [5, 5.41) is 13.8. The molecular weight excluding hydrogens is 273 g/mol. The molecule has 1 fully saturated rings. The quantitative estimate of drug-likeness (QED) is 0.300. The predicted octanol–water partition coefficient (Wildman–Crippen LogP) is 1.38. The Morgan fingerprint density at radius 2 is 2.05 bits per heavy atom. The normalized spacial score (nSPS) is 21.1. The Balaban J connectivity index is 2.42. The van der Waals surface area contributed by atoms with Gasteiger partial charge in [-0.15, -0.1) is 0 Å². The van der Waals surface area contributed by atoms with Gasteiger partial charge in [-0.1, -0.05) is 12.1 Å². The van der Waals surface area contributed by atoms with Gasteiger partial charge in [-0.2, -0.15) is 13.2 Å². The molecule has 1 unspecified atom stereocenters. The largest absolute Gasteiger partial charge is 0.409 e. The van der Waals surface area contributed by atoms with Gasteiger partial charge in [0.1, 0.15) is 5.92 Å². The second-order valence-corrected chi connectivity index (χ2v) is 5.14. The van der Waals surface area contributed by atoms with Crippen molar-refractivity contribution >= 4 is 5.84 Å². The summed E-state index contributed by atoms with van der Waals surface area (Å²) in [6, 6.07) is 0.0550. The van der Waals surface area contributed by atoms with Crippen LogP contribution in [0.3, 0.4) is 0 Å². The summed E-state index contributed by atoms with van der Waals surface area (Å²) in [5.41, 5.74) is 5.11. The molecule has 1 heterocycles. The fraction of sp³-hybridized carbons (Fsp3) is 0.917. The second kappa shape index (κ2) is 7.68. The summed E-state index contributed by atoms with van der Waals surface area (Å²) < 4.78 is 38.3. The Labute approximate surface area is 117 Å². The standard InChI is InChI=1S/C12H23F3N4O/c1-2-5-19-6-3-9(4-7-19)17-8-10(11(16)18-20)12(13,14)15/h9-10,17,20H,2-8H2,1H3,(H2,16,18). The van der Waals surface area contributed by atoms with Gasteiger partial charge in [-0.05, 0) is 38.9 Å². The molecule has 8 heteroatoms. The van der Waals surface area contributed by atoms with E-state index in [2.05, 4.69) is 22.3 Å². The smallest absolute Gasteiger partial charge is 0.400 e. The van der Waals surface area contributed by atoms with E-state index in [1.165, 1.54) is 0 Å². The number of halogens is 3. The lowest BCUT2D eigenvalue weighted by Gasteiger charge is -2.33. The Hall–Kier alpha value is -1.02. The Kier molecular flexibility index (Phi) is 6.54. The van der Waals surface area contributed by atoms with Crippen molar-refractivity contribution in [2.75, 3.05) is 26.2 Å². The second-order valence-electron chi connectivity index (χ2n) is 5.14. The molecule has 5 nitrogen and oxygen atoms in total. The molecule has 0 spiro atoms. The average molecular weight is 296 g/mol. The summed E-state index contributed by atoms with van der Waals surface area (Å²) in [5.74, 6) is -2.74. The minimum absolute atomic E-state index is 0.0550. The summed E-state index contributed by atoms with van der Waals surface area (Å²) in [6.07, 6.45) is -1.79. The van der Waals surface area contributed by atoms with Crippen molar-refractivity contribution in [3.63, 3.8) is 0 Å². The van der Waals surface area contributed by atoms with Gasteiger partial charge >= 0.3 is 6.18 Å². The van der Waals surface area contributed by atoms with Crippen LogP contribution in [-0.4, -0.2) is 54.3 Å². The van der Waals surface area contributed by atoms with Gasteiger partial charge in [0.05, 0.1) is 0 Å². The van der Waals surface area contributed by atoms with E-state index in [1.54, 1.807) is 0 Å². The van der Waals surface area contributed by atoms with Crippen LogP contribution in [0.15, 0.2) is 5.16 Å². The molecule has 0 saturated carbocycles. The number of likely N-dealkylation sites (tertiary alicyclic amines) is 1. The van der Waals surface area contributed by atoms with Crippen LogP contribution < -0.4 is 11.1 Å². The first-order valence-corrected chi connectivity index (χ1v) is 6.88. The van der Waals surface area contributed by atoms with Crippen molar-refractivity contribution < 1.29 is 18.4 Å². The molecule has 0 bridgehead atoms. The van der Waals surface area contributed by atoms with E-state index in [-0.39, 0.29) is 12.6 Å². The lowest BCUT2D eigenvalue weighted by Crippen LogP contribution is -2.48. The van der Waals surface area contributed by atoms with E-state index in [0.717, 1.165) is 38.9 Å². The highest BCUT2D eigenvalue weighted by Crippen LogP contribution is 2.26. The number of hydrogen-bond acceptors (Lipinski definition) is 4. The molecular formula is C12H23F3N4O. The van der Waals surface area contributed by atoms with Gasteiger partial charge in [0.25, 0.3) is 0 Å². The third-order valence-corrected chi connectivity index (χ3v) is 3.61. The van der Waals surface area contributed by atoms with Crippen LogP contribution in [0.25, 0.3) is 0 Å². The highest BCUT2D eigenvalue weighted by molar-refractivity contribution is 5.83. The molecule has 118 valence electrons. The van der Waals surface area contributed by atoms with Crippen molar-refractivity contribution in [1.29, 1.82) is 0 Å². The number of oxime groups is 1. The number of nitrogens with two attached hydrogens (primary N) is 1. The van der Waals surface area contributed by atoms with Crippen LogP contribution in [-0.2, 0) is 0 Å². The lowest BCUT2D eigenvalue weighted by atomic mass is 10.0. The SMILES string of the molecule is CCCN1CCC(NCC(C(N)=NO)C(F)(F)F)CC1. The van der Waals surface area contributed by atoms with E-state index in [0.29, 0.717) is 0 Å². The molecule has 0 aromatic carbocycles. The molecule has 1 saturated heterocycles. The van der Waals surface area contributed by atoms with Crippen LogP contribution in [0, 0.1) is 5.92 Å². The monoisotopic (exact) mass is 296 g/mol. The summed E-state index contributed by atoms with van der Waals surface area (Å²) in [6.45, 7) is 4.58. The number of piperidine rings is 1. The molecule has 1 aliphatic rings. The van der Waals surface area contributed by atoms with Gasteiger partial charge < -0.3 is 21.2 Å². The first kappa shape index (κ1) is 17.0. The Bertz CT molecular complexity index is 314. The zero-order chi connectivity index (χ0) is 15.2. The predicted molar refractivity (Wildman–Crippen MR) is 70.7 cm³/mol. The Morgan fingerprint density at radius 3 is 2.50 bits per heavy atom. The fourth-order valence-electron chi connectivity index (χ4n) is 2.42. The van der Waals surface area contributed by atoms with Gasteiger partial charge in [0.15, 0.2) is 5.84 Å². The molecule has 1 aliphatic heterocycles. The van der Waals surface area contributed by atoms with Crippen molar-refractivity contribution in [3.8, 4) is 0 Å². The van der Waals surface area contributed by atoms with E-state index in [1.807, 2.05) is 0 Å². The molecule has 0 amide bonds. The van der Waals surface area contributed by atoms with Crippen molar-refractivity contribution in [1.82, 2.24) is 10.2 Å². The number of nitrogens with one attached hydrogen (secondary N) is 1. The maximum Gasteiger partial charge on any atom is 0.400 e. The molecule has 1 rings (SSSR count). The average Bonchev–Trinajstić information content (AvgIpc) is 2.39. The topological polar surface area (TPSA) is 73.9 Å². The number of amidine groups is 1. The summed E-state index contributed by atoms with van der Waals surface area (Å²) in [7, 11) is 0. The fourth-order valence-corrected chi connectivity index (χ4v) is 2.42. The third-order valence-electron chi connectivity index (χ3n) is 3.61. The van der Waals surface area contributed by atoms with E-state index in [4.69, 9.17) is 10.9 Å². The van der Waals surface area contributed by atoms with Gasteiger partial charge in [-0.3, -0.25) is 0 Å². The number of alkyl halides is 3. The zero-order valence-corrected chi connectivity index (χ0v) is 11.7. The molecule has 0 aromatic rings. The number of nitrogens with zero attached hydrogens (tertiary/aromatic N) is 2. The lowest BCUT2D eigenvalue weighted by molar-refractivity contribution is -0.155. The van der Waals surface area contributed by atoms with Crippen molar-refractivity contribution in [2.24, 2.45) is 16.8 Å². The molecule has 20 heavy (non-hydrogen) atoms. The molecule has 0 aliphatic carbocycles. The van der Waals surface area contributed by atoms with Crippen LogP contribution in [0.5, 0.6) is 0 Å². The Morgan fingerprint density at radius 1 is 1.45 bits per heavy atom.